The van der Waals surface area contributed by atoms with Gasteiger partial charge in [0.2, 0.25) is 23.5 Å². The smallest absolute Gasteiger partial charge is 0.318 e. The van der Waals surface area contributed by atoms with Gasteiger partial charge in [0.1, 0.15) is 18.1 Å². The Hall–Kier alpha value is -3.22. The van der Waals surface area contributed by atoms with Gasteiger partial charge in [-0.15, -0.1) is 0 Å². The van der Waals surface area contributed by atoms with Crippen LogP contribution in [0.2, 0.25) is 0 Å². The Bertz CT molecular complexity index is 1420. The molecule has 5 atom stereocenters. The molecule has 1 unspecified atom stereocenters. The zero-order valence-corrected chi connectivity index (χ0v) is 32.0. The number of amides is 6. The molecule has 4 saturated carbocycles. The lowest BCUT2D eigenvalue weighted by Gasteiger charge is -2.38. The van der Waals surface area contributed by atoms with E-state index in [1.54, 1.807) is 9.80 Å². The Morgan fingerprint density at radius 1 is 0.846 bits per heavy atom. The number of nitrogens with one attached hydrogen (secondary N) is 3. The number of hydrogen-bond donors (Lipinski definition) is 4. The van der Waals surface area contributed by atoms with Crippen LogP contribution in [0.1, 0.15) is 118 Å². The summed E-state index contributed by atoms with van der Waals surface area (Å²) in [7, 11) is 0. The highest BCUT2D eigenvalue weighted by molar-refractivity contribution is 6.37. The van der Waals surface area contributed by atoms with Crippen molar-refractivity contribution in [2.24, 2.45) is 39.2 Å². The van der Waals surface area contributed by atoms with Crippen LogP contribution in [0.4, 0.5) is 4.79 Å². The first kappa shape index (κ1) is 38.5. The molecule has 2 spiro atoms. The summed E-state index contributed by atoms with van der Waals surface area (Å²) in [5.74, 6) is -2.95. The summed E-state index contributed by atoms with van der Waals surface area (Å²) in [6.45, 7) is 12.3. The van der Waals surface area contributed by atoms with Crippen LogP contribution in [-0.4, -0.2) is 102 Å². The number of primary amides is 1. The minimum Gasteiger partial charge on any atom is -0.378 e. The molecule has 0 radical (unpaired) electrons. The molecule has 0 aromatic carbocycles. The highest BCUT2D eigenvalue weighted by atomic mass is 16.5. The number of ketones is 1. The summed E-state index contributed by atoms with van der Waals surface area (Å²) >= 11 is 0. The molecule has 6 fully saturated rings. The first-order chi connectivity index (χ1) is 24.5. The van der Waals surface area contributed by atoms with Crippen molar-refractivity contribution in [3.05, 3.63) is 0 Å². The van der Waals surface area contributed by atoms with E-state index in [4.69, 9.17) is 10.5 Å². The zero-order chi connectivity index (χ0) is 37.6. The largest absolute Gasteiger partial charge is 0.378 e. The number of carbonyl (C=O) groups is 6. The Balaban J connectivity index is 1.26. The second-order valence-electron chi connectivity index (χ2n) is 18.4. The molecule has 6 amide bonds. The summed E-state index contributed by atoms with van der Waals surface area (Å²) in [6.07, 6.45) is 11.5. The average Bonchev–Trinajstić information content (AvgIpc) is 3.28. The number of Topliss-reactive ketones (excluding diaryl/α,β-unsaturated/α-hetero) is 1. The lowest BCUT2D eigenvalue weighted by Crippen LogP contribution is -2.62. The van der Waals surface area contributed by atoms with E-state index in [1.807, 2.05) is 20.8 Å². The first-order valence-corrected chi connectivity index (χ1v) is 19.9. The molecule has 290 valence electrons. The molecule has 52 heavy (non-hydrogen) atoms. The number of carbonyl (C=O) groups excluding carboxylic acids is 6. The highest BCUT2D eigenvalue weighted by Gasteiger charge is 2.85. The van der Waals surface area contributed by atoms with Crippen LogP contribution < -0.4 is 21.7 Å². The van der Waals surface area contributed by atoms with E-state index in [2.05, 4.69) is 29.8 Å². The molecule has 0 bridgehead atoms. The van der Waals surface area contributed by atoms with Crippen LogP contribution in [-0.2, 0) is 28.7 Å². The van der Waals surface area contributed by atoms with E-state index in [-0.39, 0.29) is 40.0 Å². The minimum atomic E-state index is -1.08. The molecule has 4 aliphatic carbocycles. The Morgan fingerprint density at radius 2 is 1.50 bits per heavy atom. The summed E-state index contributed by atoms with van der Waals surface area (Å²) in [5.41, 5.74) is 4.34. The number of rotatable bonds is 11. The van der Waals surface area contributed by atoms with Gasteiger partial charge < -0.3 is 36.2 Å². The third-order valence-electron chi connectivity index (χ3n) is 14.4. The van der Waals surface area contributed by atoms with Crippen molar-refractivity contribution < 1.29 is 33.5 Å². The van der Waals surface area contributed by atoms with E-state index in [0.717, 1.165) is 70.6 Å². The number of urea groups is 1. The van der Waals surface area contributed by atoms with Gasteiger partial charge in [-0.05, 0) is 66.6 Å². The van der Waals surface area contributed by atoms with Crippen molar-refractivity contribution in [2.75, 3.05) is 32.8 Å². The van der Waals surface area contributed by atoms with Crippen molar-refractivity contribution in [1.82, 2.24) is 25.8 Å². The SMILES string of the molecule is CC(C)(C)[C@H](NC(=O)[C@@H](NC(=O)N1CCOCC1)C1CCCCC1)C(=O)N1C[C@]2(C[C@H]1C(=O)NC(CC1CCC1)C(=O)C(N)=O)C(C)(C)C21CCC1. The number of likely N-dealkylation sites (tertiary alicyclic amines) is 1. The summed E-state index contributed by atoms with van der Waals surface area (Å²) in [5, 5.41) is 9.01. The molecule has 2 aliphatic heterocycles. The maximum Gasteiger partial charge on any atom is 0.318 e. The normalized spacial score (nSPS) is 28.6. The highest BCUT2D eigenvalue weighted by Crippen LogP contribution is 2.88. The minimum absolute atomic E-state index is 0.0261. The maximum absolute atomic E-state index is 15.0. The molecule has 6 rings (SSSR count). The van der Waals surface area contributed by atoms with Gasteiger partial charge in [0.25, 0.3) is 5.91 Å². The molecular weight excluding hydrogens is 664 g/mol. The fourth-order valence-electron chi connectivity index (χ4n) is 10.7. The standard InChI is InChI=1S/C39H62N6O7/c1-36(2,3)30(43-33(49)28(25-13-7-6-8-14-25)42-35(51)44-17-19-52-20-18-44)34(50)45-23-39(37(4,5)38(39)15-10-16-38)22-27(45)32(48)41-26(29(46)31(40)47)21-24-11-9-12-24/h24-28,30H,6-23H2,1-5H3,(H2,40,47)(H,41,48)(H,42,51)(H,43,49)/t26?,27-,28-,30+,39+/m0/s1. The lowest BCUT2D eigenvalue weighted by molar-refractivity contribution is -0.145. The molecule has 6 aliphatic rings. The van der Waals surface area contributed by atoms with Crippen molar-refractivity contribution >= 4 is 35.4 Å². The van der Waals surface area contributed by atoms with Crippen molar-refractivity contribution in [2.45, 2.75) is 142 Å². The van der Waals surface area contributed by atoms with Gasteiger partial charge in [-0.2, -0.15) is 0 Å². The van der Waals surface area contributed by atoms with E-state index >= 15 is 0 Å². The molecule has 13 nitrogen and oxygen atoms in total. The van der Waals surface area contributed by atoms with Gasteiger partial charge in [0, 0.05) is 25.0 Å². The molecule has 2 heterocycles. The van der Waals surface area contributed by atoms with E-state index in [9.17, 15) is 28.8 Å². The predicted molar refractivity (Wildman–Crippen MR) is 193 cm³/mol. The third-order valence-corrected chi connectivity index (χ3v) is 14.4. The van der Waals surface area contributed by atoms with Crippen molar-refractivity contribution in [3.63, 3.8) is 0 Å². The van der Waals surface area contributed by atoms with Crippen LogP contribution in [0, 0.1) is 33.5 Å². The monoisotopic (exact) mass is 726 g/mol. The average molecular weight is 727 g/mol. The van der Waals surface area contributed by atoms with Crippen LogP contribution in [0.3, 0.4) is 0 Å². The van der Waals surface area contributed by atoms with Crippen molar-refractivity contribution in [1.29, 1.82) is 0 Å². The van der Waals surface area contributed by atoms with Crippen LogP contribution in [0.15, 0.2) is 0 Å². The van der Waals surface area contributed by atoms with Crippen LogP contribution in [0.5, 0.6) is 0 Å². The second kappa shape index (κ2) is 14.5. The summed E-state index contributed by atoms with van der Waals surface area (Å²) < 4.78 is 5.42. The number of ether oxygens (including phenoxy) is 1. The molecule has 13 heteroatoms. The van der Waals surface area contributed by atoms with Crippen LogP contribution in [0.25, 0.3) is 0 Å². The summed E-state index contributed by atoms with van der Waals surface area (Å²) in [6, 6.07) is -4.04. The topological polar surface area (TPSA) is 180 Å². The number of morpholine rings is 1. The molecule has 5 N–H and O–H groups in total. The van der Waals surface area contributed by atoms with Gasteiger partial charge in [0.15, 0.2) is 0 Å². The molecule has 0 aromatic heterocycles. The molecule has 2 saturated heterocycles. The Morgan fingerprint density at radius 3 is 2.02 bits per heavy atom. The first-order valence-electron chi connectivity index (χ1n) is 19.9. The van der Waals surface area contributed by atoms with E-state index in [1.165, 1.54) is 0 Å². The van der Waals surface area contributed by atoms with Gasteiger partial charge in [0.05, 0.1) is 19.3 Å². The fraction of sp³-hybridized carbons (Fsp3) is 0.846. The van der Waals surface area contributed by atoms with E-state index < -0.39 is 53.1 Å². The van der Waals surface area contributed by atoms with Gasteiger partial charge in [-0.3, -0.25) is 24.0 Å². The van der Waals surface area contributed by atoms with Crippen molar-refractivity contribution in [3.8, 4) is 0 Å². The maximum atomic E-state index is 15.0. The third kappa shape index (κ3) is 6.83. The zero-order valence-electron chi connectivity index (χ0n) is 32.0. The Labute approximate surface area is 308 Å². The number of nitrogens with zero attached hydrogens (tertiary/aromatic N) is 2. The Kier molecular flexibility index (Phi) is 10.8. The number of hydrogen-bond acceptors (Lipinski definition) is 7. The summed E-state index contributed by atoms with van der Waals surface area (Å²) in [4.78, 5) is 85.5. The van der Waals surface area contributed by atoms with E-state index in [0.29, 0.717) is 45.7 Å². The second-order valence-corrected chi connectivity index (χ2v) is 18.4. The fourth-order valence-corrected chi connectivity index (χ4v) is 10.7. The van der Waals surface area contributed by atoms with Crippen LogP contribution >= 0.6 is 0 Å². The quantitative estimate of drug-likeness (QED) is 0.236. The predicted octanol–water partition coefficient (Wildman–Crippen LogP) is 3.03. The molecule has 0 aromatic rings. The van der Waals surface area contributed by atoms with Gasteiger partial charge in [-0.1, -0.05) is 79.6 Å². The lowest BCUT2D eigenvalue weighted by atomic mass is 9.73. The van der Waals surface area contributed by atoms with Gasteiger partial charge >= 0.3 is 6.03 Å². The molecular formula is C39H62N6O7. The van der Waals surface area contributed by atoms with Gasteiger partial charge in [-0.25, -0.2) is 4.79 Å². The number of fused-ring (bicyclic) bond motifs is 1. The number of nitrogens with two attached hydrogens (primary N) is 1.